The van der Waals surface area contributed by atoms with Gasteiger partial charge >= 0.3 is 17.9 Å². The van der Waals surface area contributed by atoms with Gasteiger partial charge in [0.1, 0.15) is 13.2 Å². The zero-order valence-corrected chi connectivity index (χ0v) is 39.7. The predicted octanol–water partition coefficient (Wildman–Crippen LogP) is 16.4. The van der Waals surface area contributed by atoms with Crippen LogP contribution in [-0.4, -0.2) is 37.2 Å². The van der Waals surface area contributed by atoms with Crippen molar-refractivity contribution in [1.82, 2.24) is 0 Å². The second-order valence-corrected chi connectivity index (χ2v) is 16.3. The van der Waals surface area contributed by atoms with Crippen molar-refractivity contribution < 1.29 is 28.6 Å². The fourth-order valence-corrected chi connectivity index (χ4v) is 6.68. The summed E-state index contributed by atoms with van der Waals surface area (Å²) in [7, 11) is 0. The van der Waals surface area contributed by atoms with E-state index in [1.807, 2.05) is 0 Å². The minimum absolute atomic E-state index is 0.0951. The topological polar surface area (TPSA) is 78.9 Å². The first-order chi connectivity index (χ1) is 30.0. The van der Waals surface area contributed by atoms with Crippen LogP contribution in [0.2, 0.25) is 0 Å². The maximum atomic E-state index is 12.8. The molecule has 0 saturated carbocycles. The molecule has 1 atom stereocenters. The lowest BCUT2D eigenvalue weighted by Crippen LogP contribution is -2.30. The number of allylic oxidation sites excluding steroid dienone is 14. The molecule has 0 radical (unpaired) electrons. The lowest BCUT2D eigenvalue weighted by molar-refractivity contribution is -0.167. The zero-order chi connectivity index (χ0) is 44.4. The van der Waals surface area contributed by atoms with Gasteiger partial charge in [-0.25, -0.2) is 0 Å². The average molecular weight is 849 g/mol. The van der Waals surface area contributed by atoms with Gasteiger partial charge in [0.15, 0.2) is 6.10 Å². The molecule has 0 aliphatic carbocycles. The van der Waals surface area contributed by atoms with E-state index >= 15 is 0 Å². The molecule has 6 nitrogen and oxygen atoms in total. The second-order valence-electron chi connectivity index (χ2n) is 16.3. The summed E-state index contributed by atoms with van der Waals surface area (Å²) in [6, 6.07) is 0. The van der Waals surface area contributed by atoms with Crippen LogP contribution in [0.3, 0.4) is 0 Å². The summed E-state index contributed by atoms with van der Waals surface area (Å²) in [5, 5.41) is 0. The van der Waals surface area contributed by atoms with E-state index in [0.29, 0.717) is 19.3 Å². The predicted molar refractivity (Wildman–Crippen MR) is 261 cm³/mol. The number of ether oxygens (including phenoxy) is 3. The molecule has 0 aliphatic heterocycles. The fraction of sp³-hybridized carbons (Fsp3) is 0.691. The van der Waals surface area contributed by atoms with Crippen molar-refractivity contribution in [1.29, 1.82) is 0 Å². The highest BCUT2D eigenvalue weighted by Crippen LogP contribution is 2.14. The van der Waals surface area contributed by atoms with Crippen molar-refractivity contribution in [3.63, 3.8) is 0 Å². The third-order valence-electron chi connectivity index (χ3n) is 10.4. The summed E-state index contributed by atoms with van der Waals surface area (Å²) in [5.41, 5.74) is 0. The van der Waals surface area contributed by atoms with E-state index in [9.17, 15) is 14.4 Å². The third-order valence-corrected chi connectivity index (χ3v) is 10.4. The molecule has 348 valence electrons. The Morgan fingerprint density at radius 2 is 0.639 bits per heavy atom. The van der Waals surface area contributed by atoms with Crippen molar-refractivity contribution in [3.05, 3.63) is 85.1 Å². The largest absolute Gasteiger partial charge is 0.462 e. The van der Waals surface area contributed by atoms with Crippen LogP contribution >= 0.6 is 0 Å². The van der Waals surface area contributed by atoms with Crippen LogP contribution in [0, 0.1) is 0 Å². The summed E-state index contributed by atoms with van der Waals surface area (Å²) < 4.78 is 16.7. The van der Waals surface area contributed by atoms with Gasteiger partial charge in [-0.1, -0.05) is 202 Å². The van der Waals surface area contributed by atoms with Gasteiger partial charge in [0.25, 0.3) is 0 Å². The minimum Gasteiger partial charge on any atom is -0.462 e. The van der Waals surface area contributed by atoms with Gasteiger partial charge in [-0.3, -0.25) is 14.4 Å². The molecule has 0 N–H and O–H groups in total. The van der Waals surface area contributed by atoms with Crippen LogP contribution in [-0.2, 0) is 28.6 Å². The second kappa shape index (κ2) is 49.2. The molecule has 0 aromatic rings. The van der Waals surface area contributed by atoms with Crippen LogP contribution in [0.4, 0.5) is 0 Å². The van der Waals surface area contributed by atoms with Crippen LogP contribution in [0.1, 0.15) is 226 Å². The highest BCUT2D eigenvalue weighted by Gasteiger charge is 2.19. The molecule has 1 unspecified atom stereocenters. The van der Waals surface area contributed by atoms with Gasteiger partial charge in [-0.15, -0.1) is 0 Å². The van der Waals surface area contributed by atoms with Crippen LogP contribution in [0.15, 0.2) is 85.1 Å². The maximum absolute atomic E-state index is 12.8. The van der Waals surface area contributed by atoms with Crippen molar-refractivity contribution in [2.75, 3.05) is 13.2 Å². The molecule has 0 bridgehead atoms. The number of hydrogen-bond donors (Lipinski definition) is 0. The maximum Gasteiger partial charge on any atom is 0.306 e. The van der Waals surface area contributed by atoms with Crippen LogP contribution in [0.25, 0.3) is 0 Å². The van der Waals surface area contributed by atoms with Crippen LogP contribution in [0.5, 0.6) is 0 Å². The molecule has 0 saturated heterocycles. The number of hydrogen-bond acceptors (Lipinski definition) is 6. The summed E-state index contributed by atoms with van der Waals surface area (Å²) >= 11 is 0. The standard InChI is InChI=1S/C55H92O6/c1-4-7-10-13-16-19-22-25-27-28-31-33-36-39-42-45-48-54(57)60-51-52(50-59-53(56)47-44-41-38-35-32-29-24-21-18-15-12-9-6-3)61-55(58)49-46-43-40-37-34-30-26-23-20-17-14-11-8-5-2/h7-8,10-11,16-17,19-20,25-27,30-31,33,52H,4-6,9,12-15,18,21-24,28-29,32,34-51H2,1-3H3/b10-7-,11-8-,19-16-,20-17-,27-25-,30-26-,33-31-. The first-order valence-corrected chi connectivity index (χ1v) is 25.1. The van der Waals surface area contributed by atoms with Crippen molar-refractivity contribution in [2.24, 2.45) is 0 Å². The molecule has 0 spiro atoms. The Kier molecular flexibility index (Phi) is 46.5. The highest BCUT2D eigenvalue weighted by atomic mass is 16.6. The van der Waals surface area contributed by atoms with Gasteiger partial charge in [-0.05, 0) is 89.9 Å². The third kappa shape index (κ3) is 47.5. The smallest absolute Gasteiger partial charge is 0.306 e. The number of carbonyl (C=O) groups excluding carboxylic acids is 3. The Labute approximate surface area is 375 Å². The molecular weight excluding hydrogens is 757 g/mol. The lowest BCUT2D eigenvalue weighted by Gasteiger charge is -2.18. The molecule has 0 fully saturated rings. The monoisotopic (exact) mass is 849 g/mol. The summed E-state index contributed by atoms with van der Waals surface area (Å²) in [5.74, 6) is -0.951. The Balaban J connectivity index is 4.47. The van der Waals surface area contributed by atoms with E-state index in [4.69, 9.17) is 14.2 Å². The minimum atomic E-state index is -0.799. The van der Waals surface area contributed by atoms with E-state index < -0.39 is 6.10 Å². The number of carbonyl (C=O) groups is 3. The zero-order valence-electron chi connectivity index (χ0n) is 39.7. The highest BCUT2D eigenvalue weighted by molar-refractivity contribution is 5.71. The van der Waals surface area contributed by atoms with E-state index in [-0.39, 0.29) is 31.1 Å². The molecule has 6 heteroatoms. The fourth-order valence-electron chi connectivity index (χ4n) is 6.68. The van der Waals surface area contributed by atoms with Gasteiger partial charge in [0.2, 0.25) is 0 Å². The Morgan fingerprint density at radius 3 is 1.02 bits per heavy atom. The van der Waals surface area contributed by atoms with Gasteiger partial charge in [0.05, 0.1) is 0 Å². The lowest BCUT2D eigenvalue weighted by atomic mass is 10.0. The van der Waals surface area contributed by atoms with E-state index in [2.05, 4.69) is 106 Å². The number of unbranched alkanes of at least 4 members (excludes halogenated alkanes) is 19. The van der Waals surface area contributed by atoms with Crippen molar-refractivity contribution in [3.8, 4) is 0 Å². The number of rotatable bonds is 44. The van der Waals surface area contributed by atoms with E-state index in [1.165, 1.54) is 64.2 Å². The summed E-state index contributed by atoms with van der Waals surface area (Å²) in [6.07, 6.45) is 62.8. The van der Waals surface area contributed by atoms with Gasteiger partial charge in [0, 0.05) is 19.3 Å². The molecule has 0 aromatic carbocycles. The summed E-state index contributed by atoms with van der Waals surface area (Å²) in [6.45, 7) is 6.36. The molecule has 0 heterocycles. The molecule has 0 aromatic heterocycles. The summed E-state index contributed by atoms with van der Waals surface area (Å²) in [4.78, 5) is 37.9. The van der Waals surface area contributed by atoms with Crippen molar-refractivity contribution in [2.45, 2.75) is 232 Å². The average Bonchev–Trinajstić information content (AvgIpc) is 3.26. The number of esters is 3. The Hall–Kier alpha value is -3.41. The van der Waals surface area contributed by atoms with Gasteiger partial charge < -0.3 is 14.2 Å². The molecule has 0 aliphatic rings. The Bertz CT molecular complexity index is 1200. The Morgan fingerprint density at radius 1 is 0.344 bits per heavy atom. The molecule has 61 heavy (non-hydrogen) atoms. The van der Waals surface area contributed by atoms with Crippen LogP contribution < -0.4 is 0 Å². The molecular formula is C55H92O6. The van der Waals surface area contributed by atoms with E-state index in [0.717, 1.165) is 122 Å². The quantitative estimate of drug-likeness (QED) is 0.0263. The van der Waals surface area contributed by atoms with Gasteiger partial charge in [-0.2, -0.15) is 0 Å². The van der Waals surface area contributed by atoms with Crippen molar-refractivity contribution >= 4 is 17.9 Å². The molecule has 0 rings (SSSR count). The van der Waals surface area contributed by atoms with E-state index in [1.54, 1.807) is 0 Å². The molecule has 0 amide bonds. The first-order valence-electron chi connectivity index (χ1n) is 25.1. The first kappa shape index (κ1) is 57.6. The SMILES string of the molecule is CC/C=C\C/C=C\C/C=C\C/C=C\CCCCCC(=O)OCC(COC(=O)CCCCCCCCCCCCCCC)OC(=O)CCCCCC/C=C\C/C=C\C/C=C\CC. The normalized spacial score (nSPS) is 12.8.